The Hall–Kier alpha value is -2.95. The quantitative estimate of drug-likeness (QED) is 0.709. The zero-order valence-corrected chi connectivity index (χ0v) is 11.0. The minimum absolute atomic E-state index is 0.217. The van der Waals surface area contributed by atoms with Gasteiger partial charge in [0.25, 0.3) is 5.91 Å². The number of aromatic nitrogens is 1. The van der Waals surface area contributed by atoms with E-state index in [1.165, 1.54) is 18.2 Å². The number of carbonyl (C=O) groups is 1. The molecule has 21 heavy (non-hydrogen) atoms. The van der Waals surface area contributed by atoms with Crippen LogP contribution in [-0.4, -0.2) is 10.9 Å². The lowest BCUT2D eigenvalue weighted by molar-refractivity contribution is 0.102. The van der Waals surface area contributed by atoms with E-state index >= 15 is 0 Å². The van der Waals surface area contributed by atoms with Crippen LogP contribution in [-0.2, 0) is 0 Å². The van der Waals surface area contributed by atoms with Crippen LogP contribution >= 0.6 is 0 Å². The lowest BCUT2D eigenvalue weighted by Crippen LogP contribution is -2.14. The number of nitrogens with one attached hydrogen (secondary N) is 1. The van der Waals surface area contributed by atoms with Crippen molar-refractivity contribution in [1.29, 1.82) is 0 Å². The van der Waals surface area contributed by atoms with Gasteiger partial charge in [-0.15, -0.1) is 0 Å². The third-order valence-electron chi connectivity index (χ3n) is 3.12. The smallest absolute Gasteiger partial charge is 0.274 e. The largest absolute Gasteiger partial charge is 0.398 e. The van der Waals surface area contributed by atoms with Crippen LogP contribution in [0.3, 0.4) is 0 Å². The molecule has 104 valence electrons. The molecule has 0 spiro atoms. The van der Waals surface area contributed by atoms with Crippen LogP contribution in [0, 0.1) is 5.82 Å². The van der Waals surface area contributed by atoms with Gasteiger partial charge in [0.05, 0.1) is 0 Å². The van der Waals surface area contributed by atoms with E-state index in [0.717, 1.165) is 5.39 Å². The number of hydrogen-bond donors (Lipinski definition) is 2. The number of nitrogen functional groups attached to an aromatic ring is 1. The average Bonchev–Trinajstić information content (AvgIpc) is 2.47. The maximum atomic E-state index is 13.2. The Morgan fingerprint density at radius 2 is 1.95 bits per heavy atom. The van der Waals surface area contributed by atoms with Gasteiger partial charge in [0.2, 0.25) is 0 Å². The van der Waals surface area contributed by atoms with Gasteiger partial charge in [0, 0.05) is 23.0 Å². The second-order valence-electron chi connectivity index (χ2n) is 4.57. The Labute approximate surface area is 120 Å². The highest BCUT2D eigenvalue weighted by Gasteiger charge is 2.14. The second kappa shape index (κ2) is 5.20. The summed E-state index contributed by atoms with van der Waals surface area (Å²) in [5.74, 6) is -0.845. The molecule has 0 saturated heterocycles. The molecule has 3 aromatic rings. The molecule has 3 N–H and O–H groups in total. The minimum Gasteiger partial charge on any atom is -0.398 e. The van der Waals surface area contributed by atoms with Crippen molar-refractivity contribution >= 4 is 28.1 Å². The molecule has 0 unspecified atom stereocenters. The van der Waals surface area contributed by atoms with Crippen molar-refractivity contribution in [3.05, 3.63) is 66.2 Å². The fourth-order valence-electron chi connectivity index (χ4n) is 2.19. The van der Waals surface area contributed by atoms with Crippen molar-refractivity contribution in [3.8, 4) is 0 Å². The number of carbonyl (C=O) groups excluding carboxylic acids is 1. The Morgan fingerprint density at radius 1 is 1.14 bits per heavy atom. The molecule has 0 aliphatic heterocycles. The van der Waals surface area contributed by atoms with Crippen molar-refractivity contribution in [2.75, 3.05) is 11.1 Å². The molecule has 0 aliphatic carbocycles. The fraction of sp³-hybridized carbons (Fsp3) is 0. The molecule has 0 bridgehead atoms. The molecular formula is C16H12FN3O. The number of anilines is 2. The summed E-state index contributed by atoms with van der Waals surface area (Å²) >= 11 is 0. The maximum absolute atomic E-state index is 13.2. The Bertz CT molecular complexity index is 827. The SMILES string of the molecule is Nc1cccc2ccnc(C(=O)Nc3cccc(F)c3)c12. The molecule has 0 radical (unpaired) electrons. The van der Waals surface area contributed by atoms with E-state index in [1.807, 2.05) is 12.1 Å². The van der Waals surface area contributed by atoms with Crippen LogP contribution in [0.15, 0.2) is 54.7 Å². The summed E-state index contributed by atoms with van der Waals surface area (Å²) in [5.41, 5.74) is 7.00. The highest BCUT2D eigenvalue weighted by atomic mass is 19.1. The lowest BCUT2D eigenvalue weighted by atomic mass is 10.1. The molecule has 1 amide bonds. The van der Waals surface area contributed by atoms with Crippen LogP contribution in [0.5, 0.6) is 0 Å². The van der Waals surface area contributed by atoms with Gasteiger partial charge in [-0.1, -0.05) is 18.2 Å². The van der Waals surface area contributed by atoms with E-state index in [4.69, 9.17) is 5.73 Å². The van der Waals surface area contributed by atoms with Gasteiger partial charge in [-0.3, -0.25) is 9.78 Å². The van der Waals surface area contributed by atoms with Crippen molar-refractivity contribution < 1.29 is 9.18 Å². The molecule has 3 rings (SSSR count). The molecule has 0 aliphatic rings. The molecule has 0 saturated carbocycles. The zero-order valence-electron chi connectivity index (χ0n) is 11.0. The van der Waals surface area contributed by atoms with E-state index in [-0.39, 0.29) is 5.69 Å². The second-order valence-corrected chi connectivity index (χ2v) is 4.57. The van der Waals surface area contributed by atoms with Gasteiger partial charge in [-0.25, -0.2) is 4.39 Å². The van der Waals surface area contributed by atoms with Gasteiger partial charge in [-0.2, -0.15) is 0 Å². The van der Waals surface area contributed by atoms with Gasteiger partial charge in [0.1, 0.15) is 11.5 Å². The van der Waals surface area contributed by atoms with Crippen LogP contribution in [0.2, 0.25) is 0 Å². The summed E-state index contributed by atoms with van der Waals surface area (Å²) in [6.07, 6.45) is 1.54. The van der Waals surface area contributed by atoms with Gasteiger partial charge < -0.3 is 11.1 Å². The first-order valence-corrected chi connectivity index (χ1v) is 6.35. The maximum Gasteiger partial charge on any atom is 0.274 e. The Balaban J connectivity index is 2.02. The summed E-state index contributed by atoms with van der Waals surface area (Å²) in [4.78, 5) is 16.4. The number of hydrogen-bond acceptors (Lipinski definition) is 3. The molecule has 0 atom stereocenters. The van der Waals surface area contributed by atoms with Crippen molar-refractivity contribution in [1.82, 2.24) is 4.98 Å². The standard InChI is InChI=1S/C16H12FN3O/c17-11-4-2-5-12(9-11)20-16(21)15-14-10(7-8-19-15)3-1-6-13(14)18/h1-9H,18H2,(H,20,21). The fourth-order valence-corrected chi connectivity index (χ4v) is 2.19. The highest BCUT2D eigenvalue weighted by Crippen LogP contribution is 2.24. The van der Waals surface area contributed by atoms with E-state index in [0.29, 0.717) is 16.8 Å². The van der Waals surface area contributed by atoms with E-state index in [9.17, 15) is 9.18 Å². The first kappa shape index (κ1) is 13.1. The molecule has 0 fully saturated rings. The van der Waals surface area contributed by atoms with E-state index in [1.54, 1.807) is 24.4 Å². The summed E-state index contributed by atoms with van der Waals surface area (Å²) in [7, 11) is 0. The van der Waals surface area contributed by atoms with Crippen LogP contribution in [0.4, 0.5) is 15.8 Å². The number of halogens is 1. The van der Waals surface area contributed by atoms with Crippen LogP contribution in [0.1, 0.15) is 10.5 Å². The highest BCUT2D eigenvalue weighted by molar-refractivity contribution is 6.14. The number of benzene rings is 2. The molecule has 1 heterocycles. The molecule has 5 heteroatoms. The zero-order chi connectivity index (χ0) is 14.8. The predicted octanol–water partition coefficient (Wildman–Crippen LogP) is 3.21. The van der Waals surface area contributed by atoms with Crippen molar-refractivity contribution in [2.24, 2.45) is 0 Å². The summed E-state index contributed by atoms with van der Waals surface area (Å²) in [6.45, 7) is 0. The minimum atomic E-state index is -0.427. The summed E-state index contributed by atoms with van der Waals surface area (Å²) in [5, 5.41) is 4.04. The Morgan fingerprint density at radius 3 is 2.76 bits per heavy atom. The van der Waals surface area contributed by atoms with Gasteiger partial charge in [0.15, 0.2) is 0 Å². The third kappa shape index (κ3) is 2.53. The van der Waals surface area contributed by atoms with Gasteiger partial charge in [-0.05, 0) is 35.7 Å². The number of pyridine rings is 1. The molecule has 4 nitrogen and oxygen atoms in total. The number of rotatable bonds is 2. The molecule has 1 aromatic heterocycles. The number of amides is 1. The number of nitrogens with zero attached hydrogens (tertiary/aromatic N) is 1. The van der Waals surface area contributed by atoms with Crippen LogP contribution in [0.25, 0.3) is 10.8 Å². The van der Waals surface area contributed by atoms with E-state index < -0.39 is 11.7 Å². The summed E-state index contributed by atoms with van der Waals surface area (Å²) in [6, 6.07) is 12.8. The summed E-state index contributed by atoms with van der Waals surface area (Å²) < 4.78 is 13.2. The normalized spacial score (nSPS) is 10.5. The van der Waals surface area contributed by atoms with Gasteiger partial charge >= 0.3 is 0 Å². The van der Waals surface area contributed by atoms with Crippen LogP contribution < -0.4 is 11.1 Å². The Kier molecular flexibility index (Phi) is 3.23. The van der Waals surface area contributed by atoms with Crippen molar-refractivity contribution in [3.63, 3.8) is 0 Å². The molecule has 2 aromatic carbocycles. The number of nitrogens with two attached hydrogens (primary N) is 1. The lowest BCUT2D eigenvalue weighted by Gasteiger charge is -2.09. The molecular weight excluding hydrogens is 269 g/mol. The van der Waals surface area contributed by atoms with E-state index in [2.05, 4.69) is 10.3 Å². The number of fused-ring (bicyclic) bond motifs is 1. The third-order valence-corrected chi connectivity index (χ3v) is 3.12. The monoisotopic (exact) mass is 281 g/mol. The topological polar surface area (TPSA) is 68.0 Å². The van der Waals surface area contributed by atoms with Crippen molar-refractivity contribution in [2.45, 2.75) is 0 Å². The predicted molar refractivity (Wildman–Crippen MR) is 80.5 cm³/mol. The first-order chi connectivity index (χ1) is 10.1. The first-order valence-electron chi connectivity index (χ1n) is 6.35. The average molecular weight is 281 g/mol.